The van der Waals surface area contributed by atoms with Gasteiger partial charge >= 0.3 is 0 Å². The van der Waals surface area contributed by atoms with E-state index in [4.69, 9.17) is 0 Å². The third kappa shape index (κ3) is 2.82. The molecule has 1 aliphatic rings. The van der Waals surface area contributed by atoms with Gasteiger partial charge in [0.2, 0.25) is 0 Å². The van der Waals surface area contributed by atoms with Gasteiger partial charge < -0.3 is 5.32 Å². The zero-order valence-corrected chi connectivity index (χ0v) is 11.4. The maximum Gasteiger partial charge on any atom is 0.146 e. The molecule has 104 valence electrons. The average molecular weight is 273 g/mol. The smallest absolute Gasteiger partial charge is 0.146 e. The van der Waals surface area contributed by atoms with E-state index in [1.54, 1.807) is 6.92 Å². The Morgan fingerprint density at radius 2 is 1.90 bits per heavy atom. The lowest BCUT2D eigenvalue weighted by Gasteiger charge is -2.10. The molecule has 1 aliphatic carbocycles. The highest BCUT2D eigenvalue weighted by molar-refractivity contribution is 5.47. The second-order valence-electron chi connectivity index (χ2n) is 5.45. The number of benzene rings is 2. The van der Waals surface area contributed by atoms with E-state index in [-0.39, 0.29) is 11.5 Å². The Labute approximate surface area is 117 Å². The zero-order valence-electron chi connectivity index (χ0n) is 11.4. The SMILES string of the molecule is Cc1cc(F)c(NCc2cccc(C3CC3)c2)cc1F. The predicted molar refractivity (Wildman–Crippen MR) is 76.8 cm³/mol. The van der Waals surface area contributed by atoms with Crippen LogP contribution in [0.1, 0.15) is 35.4 Å². The fourth-order valence-electron chi connectivity index (χ4n) is 2.35. The molecular formula is C17H17F2N. The van der Waals surface area contributed by atoms with Gasteiger partial charge in [0, 0.05) is 12.6 Å². The summed E-state index contributed by atoms with van der Waals surface area (Å²) in [6.07, 6.45) is 2.52. The van der Waals surface area contributed by atoms with Crippen molar-refractivity contribution in [3.05, 3.63) is 64.7 Å². The van der Waals surface area contributed by atoms with Crippen LogP contribution in [0.5, 0.6) is 0 Å². The van der Waals surface area contributed by atoms with Crippen LogP contribution in [0.4, 0.5) is 14.5 Å². The maximum atomic E-state index is 13.7. The Balaban J connectivity index is 1.73. The highest BCUT2D eigenvalue weighted by Crippen LogP contribution is 2.40. The van der Waals surface area contributed by atoms with E-state index < -0.39 is 5.82 Å². The molecule has 2 aromatic rings. The van der Waals surface area contributed by atoms with Crippen molar-refractivity contribution in [3.8, 4) is 0 Å². The van der Waals surface area contributed by atoms with Crippen molar-refractivity contribution < 1.29 is 8.78 Å². The summed E-state index contributed by atoms with van der Waals surface area (Å²) in [6, 6.07) is 10.7. The van der Waals surface area contributed by atoms with Crippen molar-refractivity contribution in [3.63, 3.8) is 0 Å². The molecule has 0 bridgehead atoms. The molecule has 0 aromatic heterocycles. The van der Waals surface area contributed by atoms with Crippen molar-refractivity contribution >= 4 is 5.69 Å². The molecule has 1 N–H and O–H groups in total. The number of hydrogen-bond acceptors (Lipinski definition) is 1. The highest BCUT2D eigenvalue weighted by atomic mass is 19.1. The van der Waals surface area contributed by atoms with Gasteiger partial charge in [-0.3, -0.25) is 0 Å². The normalized spacial score (nSPS) is 14.3. The quantitative estimate of drug-likeness (QED) is 0.846. The summed E-state index contributed by atoms with van der Waals surface area (Å²) in [5.74, 6) is -0.105. The molecule has 0 amide bonds. The minimum atomic E-state index is -0.415. The van der Waals surface area contributed by atoms with Gasteiger partial charge in [0.25, 0.3) is 0 Å². The molecule has 0 aliphatic heterocycles. The van der Waals surface area contributed by atoms with Crippen molar-refractivity contribution in [1.29, 1.82) is 0 Å². The Kier molecular flexibility index (Phi) is 3.43. The molecule has 2 aromatic carbocycles. The van der Waals surface area contributed by atoms with Gasteiger partial charge in [-0.05, 0) is 48.4 Å². The number of halogens is 2. The first-order valence-corrected chi connectivity index (χ1v) is 6.92. The third-order valence-electron chi connectivity index (χ3n) is 3.73. The summed E-state index contributed by atoms with van der Waals surface area (Å²) < 4.78 is 27.2. The van der Waals surface area contributed by atoms with Crippen molar-refractivity contribution in [2.75, 3.05) is 5.32 Å². The van der Waals surface area contributed by atoms with Gasteiger partial charge in [-0.1, -0.05) is 24.3 Å². The topological polar surface area (TPSA) is 12.0 Å². The monoisotopic (exact) mass is 273 g/mol. The van der Waals surface area contributed by atoms with E-state index in [1.807, 2.05) is 12.1 Å². The third-order valence-corrected chi connectivity index (χ3v) is 3.73. The molecule has 0 radical (unpaired) electrons. The van der Waals surface area contributed by atoms with E-state index in [9.17, 15) is 8.78 Å². The number of nitrogens with one attached hydrogen (secondary N) is 1. The fraction of sp³-hybridized carbons (Fsp3) is 0.294. The first-order chi connectivity index (χ1) is 9.63. The van der Waals surface area contributed by atoms with Crippen LogP contribution in [0.15, 0.2) is 36.4 Å². The number of hydrogen-bond donors (Lipinski definition) is 1. The Morgan fingerprint density at radius 1 is 1.10 bits per heavy atom. The minimum absolute atomic E-state index is 0.213. The standard InChI is InChI=1S/C17H17F2N/c1-11-7-16(19)17(9-15(11)18)20-10-12-3-2-4-14(8-12)13-5-6-13/h2-4,7-9,13,20H,5-6,10H2,1H3. The molecular weight excluding hydrogens is 256 g/mol. The van der Waals surface area contributed by atoms with Crippen LogP contribution >= 0.6 is 0 Å². The molecule has 1 fully saturated rings. The summed E-state index contributed by atoms with van der Waals surface area (Å²) in [6.45, 7) is 2.06. The Hall–Kier alpha value is -1.90. The number of anilines is 1. The van der Waals surface area contributed by atoms with Crippen molar-refractivity contribution in [2.24, 2.45) is 0 Å². The summed E-state index contributed by atoms with van der Waals surface area (Å²) in [4.78, 5) is 0. The van der Waals surface area contributed by atoms with Crippen molar-refractivity contribution in [1.82, 2.24) is 0 Å². The lowest BCUT2D eigenvalue weighted by molar-refractivity contribution is 0.594. The molecule has 3 rings (SSSR count). The van der Waals surface area contributed by atoms with E-state index in [0.29, 0.717) is 18.0 Å². The van der Waals surface area contributed by atoms with Crippen LogP contribution in [-0.2, 0) is 6.54 Å². The highest BCUT2D eigenvalue weighted by Gasteiger charge is 2.23. The van der Waals surface area contributed by atoms with Crippen LogP contribution in [0.2, 0.25) is 0 Å². The fourth-order valence-corrected chi connectivity index (χ4v) is 2.35. The maximum absolute atomic E-state index is 13.7. The van der Waals surface area contributed by atoms with Gasteiger partial charge in [0.05, 0.1) is 5.69 Å². The Morgan fingerprint density at radius 3 is 2.65 bits per heavy atom. The molecule has 0 unspecified atom stereocenters. The second-order valence-corrected chi connectivity index (χ2v) is 5.45. The van der Waals surface area contributed by atoms with Crippen molar-refractivity contribution in [2.45, 2.75) is 32.2 Å². The minimum Gasteiger partial charge on any atom is -0.379 e. The van der Waals surface area contributed by atoms with Crippen LogP contribution in [0.3, 0.4) is 0 Å². The lowest BCUT2D eigenvalue weighted by Crippen LogP contribution is -2.03. The molecule has 0 heterocycles. The van der Waals surface area contributed by atoms with Gasteiger partial charge in [-0.15, -0.1) is 0 Å². The lowest BCUT2D eigenvalue weighted by atomic mass is 10.1. The van der Waals surface area contributed by atoms with Crippen LogP contribution in [-0.4, -0.2) is 0 Å². The zero-order chi connectivity index (χ0) is 14.1. The molecule has 3 heteroatoms. The summed E-state index contributed by atoms with van der Waals surface area (Å²) in [5, 5.41) is 2.97. The van der Waals surface area contributed by atoms with Crippen LogP contribution in [0.25, 0.3) is 0 Å². The van der Waals surface area contributed by atoms with Gasteiger partial charge in [0.15, 0.2) is 0 Å². The van der Waals surface area contributed by atoms with Gasteiger partial charge in [-0.25, -0.2) is 8.78 Å². The van der Waals surface area contributed by atoms with E-state index in [2.05, 4.69) is 17.4 Å². The second kappa shape index (κ2) is 5.23. The van der Waals surface area contributed by atoms with Gasteiger partial charge in [-0.2, -0.15) is 0 Å². The summed E-state index contributed by atoms with van der Waals surface area (Å²) in [5.41, 5.74) is 2.98. The molecule has 1 saturated carbocycles. The first kappa shape index (κ1) is 13.1. The van der Waals surface area contributed by atoms with Crippen LogP contribution in [0, 0.1) is 18.6 Å². The van der Waals surface area contributed by atoms with E-state index in [0.717, 1.165) is 5.56 Å². The largest absolute Gasteiger partial charge is 0.379 e. The summed E-state index contributed by atoms with van der Waals surface area (Å²) >= 11 is 0. The predicted octanol–water partition coefficient (Wildman–Crippen LogP) is 4.76. The van der Waals surface area contributed by atoms with E-state index in [1.165, 1.54) is 30.5 Å². The number of rotatable bonds is 4. The Bertz CT molecular complexity index is 633. The molecule has 0 spiro atoms. The molecule has 0 atom stereocenters. The van der Waals surface area contributed by atoms with E-state index >= 15 is 0 Å². The van der Waals surface area contributed by atoms with Gasteiger partial charge in [0.1, 0.15) is 11.6 Å². The molecule has 1 nitrogen and oxygen atoms in total. The number of aryl methyl sites for hydroxylation is 1. The average Bonchev–Trinajstić information content (AvgIpc) is 3.26. The molecule has 20 heavy (non-hydrogen) atoms. The van der Waals surface area contributed by atoms with Crippen LogP contribution < -0.4 is 5.32 Å². The first-order valence-electron chi connectivity index (χ1n) is 6.92. The summed E-state index contributed by atoms with van der Waals surface area (Å²) in [7, 11) is 0. The molecule has 0 saturated heterocycles.